The number of aryl methyl sites for hydroxylation is 1. The molecule has 1 heterocycles. The second kappa shape index (κ2) is 5.07. The lowest BCUT2D eigenvalue weighted by Crippen LogP contribution is -2.32. The number of imidazole rings is 1. The third-order valence-electron chi connectivity index (χ3n) is 3.64. The van der Waals surface area contributed by atoms with E-state index in [0.717, 1.165) is 17.8 Å². The number of para-hydroxylation sites is 1. The van der Waals surface area contributed by atoms with Crippen molar-refractivity contribution in [3.8, 4) is 0 Å². The number of rotatable bonds is 3. The fraction of sp³-hybridized carbons (Fsp3) is 0.588. The quantitative estimate of drug-likeness (QED) is 0.706. The van der Waals surface area contributed by atoms with E-state index in [4.69, 9.17) is 16.6 Å². The Labute approximate surface area is 127 Å². The van der Waals surface area contributed by atoms with E-state index in [1.54, 1.807) is 0 Å². The highest BCUT2D eigenvalue weighted by atomic mass is 35.5. The van der Waals surface area contributed by atoms with Gasteiger partial charge < -0.3 is 4.57 Å². The second-order valence-electron chi connectivity index (χ2n) is 7.49. The van der Waals surface area contributed by atoms with Crippen LogP contribution in [0.25, 0.3) is 11.0 Å². The van der Waals surface area contributed by atoms with E-state index in [2.05, 4.69) is 64.3 Å². The smallest absolute Gasteiger partial charge is 0.125 e. The van der Waals surface area contributed by atoms with Crippen molar-refractivity contribution in [1.82, 2.24) is 9.55 Å². The summed E-state index contributed by atoms with van der Waals surface area (Å²) in [7, 11) is 0. The van der Waals surface area contributed by atoms with Crippen LogP contribution < -0.4 is 0 Å². The Morgan fingerprint density at radius 3 is 2.35 bits per heavy atom. The molecule has 2 nitrogen and oxygen atoms in total. The molecule has 0 unspecified atom stereocenters. The number of aromatic nitrogens is 2. The summed E-state index contributed by atoms with van der Waals surface area (Å²) in [4.78, 5) is 4.76. The molecule has 3 heteroatoms. The first kappa shape index (κ1) is 15.4. The molecule has 0 saturated heterocycles. The molecule has 110 valence electrons. The summed E-state index contributed by atoms with van der Waals surface area (Å²) >= 11 is 6.15. The van der Waals surface area contributed by atoms with Gasteiger partial charge in [0, 0.05) is 5.54 Å². The lowest BCUT2D eigenvalue weighted by atomic mass is 9.81. The van der Waals surface area contributed by atoms with E-state index in [-0.39, 0.29) is 11.0 Å². The van der Waals surface area contributed by atoms with Crippen molar-refractivity contribution in [2.75, 3.05) is 0 Å². The average molecular weight is 293 g/mol. The highest BCUT2D eigenvalue weighted by Crippen LogP contribution is 2.36. The zero-order valence-corrected chi connectivity index (χ0v) is 14.2. The lowest BCUT2D eigenvalue weighted by Gasteiger charge is -2.35. The van der Waals surface area contributed by atoms with Crippen molar-refractivity contribution in [3.05, 3.63) is 29.6 Å². The van der Waals surface area contributed by atoms with E-state index in [9.17, 15) is 0 Å². The number of alkyl halides is 1. The van der Waals surface area contributed by atoms with Gasteiger partial charge in [0.05, 0.1) is 16.9 Å². The number of halogens is 1. The molecule has 0 N–H and O–H groups in total. The molecule has 0 aliphatic carbocycles. The maximum atomic E-state index is 6.15. The first-order chi connectivity index (χ1) is 9.15. The van der Waals surface area contributed by atoms with Crippen LogP contribution in [0.15, 0.2) is 18.2 Å². The van der Waals surface area contributed by atoms with Crippen molar-refractivity contribution in [1.29, 1.82) is 0 Å². The van der Waals surface area contributed by atoms with Gasteiger partial charge in [0.1, 0.15) is 5.82 Å². The van der Waals surface area contributed by atoms with Gasteiger partial charge >= 0.3 is 0 Å². The van der Waals surface area contributed by atoms with Gasteiger partial charge in [-0.25, -0.2) is 4.98 Å². The van der Waals surface area contributed by atoms with Gasteiger partial charge in [0.15, 0.2) is 0 Å². The van der Waals surface area contributed by atoms with Crippen LogP contribution in [0.2, 0.25) is 0 Å². The molecule has 1 aromatic carbocycles. The van der Waals surface area contributed by atoms with E-state index >= 15 is 0 Å². The van der Waals surface area contributed by atoms with Gasteiger partial charge in [-0.05, 0) is 44.2 Å². The van der Waals surface area contributed by atoms with E-state index in [1.807, 2.05) is 0 Å². The van der Waals surface area contributed by atoms with Crippen molar-refractivity contribution in [2.45, 2.75) is 59.4 Å². The normalized spacial score (nSPS) is 13.2. The molecule has 0 radical (unpaired) electrons. The predicted octanol–water partition coefficient (Wildman–Crippen LogP) is 5.25. The molecule has 2 rings (SSSR count). The molecular formula is C17H25ClN2. The molecule has 0 atom stereocenters. The molecule has 0 fully saturated rings. The minimum absolute atomic E-state index is 0.00891. The number of fused-ring (bicyclic) bond motifs is 1. The van der Waals surface area contributed by atoms with Gasteiger partial charge in [-0.1, -0.05) is 32.9 Å². The van der Waals surface area contributed by atoms with Gasteiger partial charge in [-0.15, -0.1) is 11.6 Å². The fourth-order valence-electron chi connectivity index (χ4n) is 3.43. The van der Waals surface area contributed by atoms with Crippen LogP contribution in [0.1, 0.15) is 52.4 Å². The predicted molar refractivity (Wildman–Crippen MR) is 87.4 cm³/mol. The maximum Gasteiger partial charge on any atom is 0.125 e. The zero-order chi connectivity index (χ0) is 15.1. The van der Waals surface area contributed by atoms with Crippen molar-refractivity contribution in [3.63, 3.8) is 0 Å². The topological polar surface area (TPSA) is 17.8 Å². The molecule has 1 aromatic heterocycles. The van der Waals surface area contributed by atoms with Crippen molar-refractivity contribution >= 4 is 22.6 Å². The first-order valence-corrected chi connectivity index (χ1v) is 7.72. The molecule has 0 bridgehead atoms. The number of hydrogen-bond donors (Lipinski definition) is 0. The molecule has 2 aromatic rings. The van der Waals surface area contributed by atoms with Crippen LogP contribution in [0.5, 0.6) is 0 Å². The summed E-state index contributed by atoms with van der Waals surface area (Å²) < 4.78 is 2.33. The Bertz CT molecular complexity index is 618. The van der Waals surface area contributed by atoms with Crippen LogP contribution in [0.3, 0.4) is 0 Å². The molecule has 0 saturated carbocycles. The van der Waals surface area contributed by atoms with Gasteiger partial charge in [-0.2, -0.15) is 0 Å². The number of hydrogen-bond acceptors (Lipinski definition) is 1. The first-order valence-electron chi connectivity index (χ1n) is 7.19. The minimum atomic E-state index is -0.00891. The zero-order valence-electron chi connectivity index (χ0n) is 13.4. The Hall–Kier alpha value is -1.02. The fourth-order valence-corrected chi connectivity index (χ4v) is 3.61. The summed E-state index contributed by atoms with van der Waals surface area (Å²) in [6, 6.07) is 6.35. The van der Waals surface area contributed by atoms with E-state index in [1.165, 1.54) is 11.1 Å². The van der Waals surface area contributed by atoms with Crippen LogP contribution in [-0.2, 0) is 11.4 Å². The minimum Gasteiger partial charge on any atom is -0.321 e. The number of benzene rings is 1. The Morgan fingerprint density at radius 1 is 1.15 bits per heavy atom. The van der Waals surface area contributed by atoms with Crippen LogP contribution in [0.4, 0.5) is 0 Å². The van der Waals surface area contributed by atoms with Crippen molar-refractivity contribution < 1.29 is 0 Å². The van der Waals surface area contributed by atoms with Crippen molar-refractivity contribution in [2.24, 2.45) is 5.41 Å². The van der Waals surface area contributed by atoms with Gasteiger partial charge in [0.2, 0.25) is 0 Å². The van der Waals surface area contributed by atoms with E-state index in [0.29, 0.717) is 5.88 Å². The second-order valence-corrected chi connectivity index (χ2v) is 7.76. The monoisotopic (exact) mass is 292 g/mol. The molecule has 0 aliphatic rings. The number of nitrogens with zero attached hydrogens (tertiary/aromatic N) is 2. The average Bonchev–Trinajstić information content (AvgIpc) is 2.66. The summed E-state index contributed by atoms with van der Waals surface area (Å²) in [5.74, 6) is 1.41. The van der Waals surface area contributed by atoms with E-state index < -0.39 is 0 Å². The van der Waals surface area contributed by atoms with Gasteiger partial charge in [-0.3, -0.25) is 0 Å². The Kier molecular flexibility index (Phi) is 3.90. The van der Waals surface area contributed by atoms with Crippen LogP contribution in [-0.4, -0.2) is 9.55 Å². The van der Waals surface area contributed by atoms with Crippen LogP contribution >= 0.6 is 11.6 Å². The SMILES string of the molecule is Cc1cccc2c1nc(CCl)n2C(C)(C)CC(C)(C)C. The molecule has 0 amide bonds. The largest absolute Gasteiger partial charge is 0.321 e. The standard InChI is InChI=1S/C17H25ClN2/c1-12-8-7-9-13-15(12)19-14(10-18)20(13)17(5,6)11-16(2,3)4/h7-9H,10-11H2,1-6H3. The highest BCUT2D eigenvalue weighted by molar-refractivity contribution is 6.16. The third-order valence-corrected chi connectivity index (χ3v) is 3.88. The maximum absolute atomic E-state index is 6.15. The summed E-state index contributed by atoms with van der Waals surface area (Å²) in [5.41, 5.74) is 3.72. The molecular weight excluding hydrogens is 268 g/mol. The van der Waals surface area contributed by atoms with Crippen LogP contribution in [0, 0.1) is 12.3 Å². The molecule has 20 heavy (non-hydrogen) atoms. The summed E-state index contributed by atoms with van der Waals surface area (Å²) in [5, 5.41) is 0. The lowest BCUT2D eigenvalue weighted by molar-refractivity contribution is 0.216. The highest BCUT2D eigenvalue weighted by Gasteiger charge is 2.30. The summed E-state index contributed by atoms with van der Waals surface area (Å²) in [6.07, 6.45) is 1.07. The molecule has 0 aliphatic heterocycles. The Balaban J connectivity index is 2.66. The molecule has 0 spiro atoms. The van der Waals surface area contributed by atoms with Gasteiger partial charge in [0.25, 0.3) is 0 Å². The third kappa shape index (κ3) is 2.85. The summed E-state index contributed by atoms with van der Waals surface area (Å²) in [6.45, 7) is 13.5. The Morgan fingerprint density at radius 2 is 1.80 bits per heavy atom.